The lowest BCUT2D eigenvalue weighted by Crippen LogP contribution is -2.45. The summed E-state index contributed by atoms with van der Waals surface area (Å²) in [5, 5.41) is 0. The number of methoxy groups -OCH3 is 1. The molecule has 1 saturated heterocycles. The van der Waals surface area contributed by atoms with Gasteiger partial charge in [0.05, 0.1) is 12.7 Å². The number of hydrogen-bond donors (Lipinski definition) is 0. The van der Waals surface area contributed by atoms with Gasteiger partial charge >= 0.3 is 0 Å². The second-order valence-electron chi connectivity index (χ2n) is 9.05. The Bertz CT molecular complexity index is 815. The molecule has 0 aromatic heterocycles. The minimum atomic E-state index is -0.146. The quantitative estimate of drug-likeness (QED) is 0.720. The van der Waals surface area contributed by atoms with Crippen LogP contribution in [0.15, 0.2) is 30.0 Å². The minimum absolute atomic E-state index is 0.0191. The van der Waals surface area contributed by atoms with Crippen LogP contribution in [-0.2, 0) is 9.59 Å². The number of hydrogen-bond acceptors (Lipinski definition) is 4. The molecule has 5 nitrogen and oxygen atoms in total. The zero-order chi connectivity index (χ0) is 20.5. The summed E-state index contributed by atoms with van der Waals surface area (Å²) in [4.78, 5) is 31.1. The van der Waals surface area contributed by atoms with E-state index in [4.69, 9.17) is 4.74 Å². The SMILES string of the molecule is COc1ccccc1C1=C(N2CC(C)CC(C)C2)C(=O)N(C2CCCCC2)C1=O. The summed E-state index contributed by atoms with van der Waals surface area (Å²) in [6, 6.07) is 7.59. The topological polar surface area (TPSA) is 49.9 Å². The molecule has 2 atom stereocenters. The first kappa shape index (κ1) is 20.0. The standard InChI is InChI=1S/C24H32N2O3/c1-16-13-17(2)15-25(14-16)22-21(19-11-7-8-12-20(19)29-3)23(27)26(24(22)28)18-9-5-4-6-10-18/h7-8,11-12,16-18H,4-6,9-10,13-15H2,1-3H3. The normalized spacial score (nSPS) is 26.4. The Morgan fingerprint density at radius 1 is 0.931 bits per heavy atom. The Balaban J connectivity index is 1.80. The van der Waals surface area contributed by atoms with Crippen molar-refractivity contribution in [2.24, 2.45) is 11.8 Å². The first-order valence-electron chi connectivity index (χ1n) is 11.0. The fourth-order valence-corrected chi connectivity index (χ4v) is 5.44. The van der Waals surface area contributed by atoms with E-state index in [0.29, 0.717) is 28.9 Å². The Hall–Kier alpha value is -2.30. The van der Waals surface area contributed by atoms with Gasteiger partial charge in [-0.05, 0) is 37.2 Å². The number of para-hydroxylation sites is 1. The zero-order valence-electron chi connectivity index (χ0n) is 17.8. The number of rotatable bonds is 4. The average Bonchev–Trinajstić information content (AvgIpc) is 2.98. The van der Waals surface area contributed by atoms with Gasteiger partial charge in [0.25, 0.3) is 11.8 Å². The molecule has 0 N–H and O–H groups in total. The summed E-state index contributed by atoms with van der Waals surface area (Å²) < 4.78 is 5.57. The maximum atomic E-state index is 13.7. The van der Waals surface area contributed by atoms with Crippen molar-refractivity contribution >= 4 is 17.4 Å². The van der Waals surface area contributed by atoms with Crippen LogP contribution in [0.25, 0.3) is 5.57 Å². The number of piperidine rings is 1. The van der Waals surface area contributed by atoms with E-state index in [2.05, 4.69) is 18.7 Å². The molecule has 156 valence electrons. The first-order valence-corrected chi connectivity index (χ1v) is 11.0. The molecule has 2 amide bonds. The van der Waals surface area contributed by atoms with Crippen LogP contribution >= 0.6 is 0 Å². The Labute approximate surface area is 173 Å². The van der Waals surface area contributed by atoms with Gasteiger partial charge in [-0.2, -0.15) is 0 Å². The average molecular weight is 397 g/mol. The maximum Gasteiger partial charge on any atom is 0.278 e. The molecule has 0 bridgehead atoms. The molecule has 1 saturated carbocycles. The van der Waals surface area contributed by atoms with E-state index in [1.165, 1.54) is 6.42 Å². The number of carbonyl (C=O) groups excluding carboxylic acids is 2. The molecule has 0 spiro atoms. The first-order chi connectivity index (χ1) is 14.0. The predicted octanol–water partition coefficient (Wildman–Crippen LogP) is 4.09. The fraction of sp³-hybridized carbons (Fsp3) is 0.583. The Morgan fingerprint density at radius 2 is 1.59 bits per heavy atom. The van der Waals surface area contributed by atoms with Crippen molar-refractivity contribution in [1.29, 1.82) is 0 Å². The fourth-order valence-electron chi connectivity index (χ4n) is 5.44. The van der Waals surface area contributed by atoms with Gasteiger partial charge in [0.1, 0.15) is 11.4 Å². The van der Waals surface area contributed by atoms with Crippen molar-refractivity contribution in [2.75, 3.05) is 20.2 Å². The summed E-state index contributed by atoms with van der Waals surface area (Å²) in [7, 11) is 1.62. The molecule has 29 heavy (non-hydrogen) atoms. The number of likely N-dealkylation sites (tertiary alicyclic amines) is 1. The lowest BCUT2D eigenvalue weighted by Gasteiger charge is -2.37. The summed E-state index contributed by atoms with van der Waals surface area (Å²) in [6.07, 6.45) is 6.33. The van der Waals surface area contributed by atoms with Gasteiger partial charge < -0.3 is 9.64 Å². The van der Waals surface area contributed by atoms with Gasteiger partial charge in [-0.1, -0.05) is 51.3 Å². The van der Waals surface area contributed by atoms with Crippen molar-refractivity contribution < 1.29 is 14.3 Å². The van der Waals surface area contributed by atoms with Gasteiger partial charge in [0.2, 0.25) is 0 Å². The van der Waals surface area contributed by atoms with E-state index in [0.717, 1.165) is 50.8 Å². The van der Waals surface area contributed by atoms with Crippen LogP contribution < -0.4 is 4.74 Å². The van der Waals surface area contributed by atoms with Gasteiger partial charge in [-0.15, -0.1) is 0 Å². The molecule has 1 aromatic carbocycles. The summed E-state index contributed by atoms with van der Waals surface area (Å²) in [5.41, 5.74) is 1.84. The number of ether oxygens (including phenoxy) is 1. The summed E-state index contributed by atoms with van der Waals surface area (Å²) in [5.74, 6) is 1.38. The second-order valence-corrected chi connectivity index (χ2v) is 9.05. The van der Waals surface area contributed by atoms with Gasteiger partial charge in [-0.3, -0.25) is 14.5 Å². The molecule has 0 radical (unpaired) electrons. The van der Waals surface area contributed by atoms with Crippen LogP contribution in [0.5, 0.6) is 5.75 Å². The highest BCUT2D eigenvalue weighted by atomic mass is 16.5. The molecule has 2 fully saturated rings. The van der Waals surface area contributed by atoms with Crippen molar-refractivity contribution in [3.05, 3.63) is 35.5 Å². The third kappa shape index (κ3) is 3.67. The van der Waals surface area contributed by atoms with Crippen molar-refractivity contribution in [1.82, 2.24) is 9.80 Å². The molecule has 4 rings (SSSR count). The van der Waals surface area contributed by atoms with Gasteiger partial charge in [0.15, 0.2) is 0 Å². The smallest absolute Gasteiger partial charge is 0.278 e. The number of imide groups is 1. The predicted molar refractivity (Wildman–Crippen MR) is 113 cm³/mol. The van der Waals surface area contributed by atoms with Crippen molar-refractivity contribution in [2.45, 2.75) is 58.4 Å². The summed E-state index contributed by atoms with van der Waals surface area (Å²) in [6.45, 7) is 6.09. The van der Waals surface area contributed by atoms with Crippen LogP contribution in [0, 0.1) is 11.8 Å². The highest BCUT2D eigenvalue weighted by Gasteiger charge is 2.46. The molecule has 3 aliphatic rings. The van der Waals surface area contributed by atoms with Crippen LogP contribution in [-0.4, -0.2) is 47.9 Å². The number of nitrogens with zero attached hydrogens (tertiary/aromatic N) is 2. The van der Waals surface area contributed by atoms with Crippen LogP contribution in [0.2, 0.25) is 0 Å². The van der Waals surface area contributed by atoms with E-state index in [9.17, 15) is 9.59 Å². The van der Waals surface area contributed by atoms with E-state index in [1.54, 1.807) is 12.0 Å². The lowest BCUT2D eigenvalue weighted by molar-refractivity contribution is -0.141. The van der Waals surface area contributed by atoms with Crippen LogP contribution in [0.1, 0.15) is 57.9 Å². The molecule has 2 unspecified atom stereocenters. The molecule has 5 heteroatoms. The third-order valence-electron chi connectivity index (χ3n) is 6.59. The molecule has 1 aromatic rings. The van der Waals surface area contributed by atoms with Gasteiger partial charge in [0, 0.05) is 24.7 Å². The molecule has 2 aliphatic heterocycles. The number of benzene rings is 1. The zero-order valence-corrected chi connectivity index (χ0v) is 17.8. The van der Waals surface area contributed by atoms with Crippen molar-refractivity contribution in [3.63, 3.8) is 0 Å². The van der Waals surface area contributed by atoms with Crippen molar-refractivity contribution in [3.8, 4) is 5.75 Å². The highest BCUT2D eigenvalue weighted by molar-refractivity contribution is 6.36. The summed E-state index contributed by atoms with van der Waals surface area (Å²) >= 11 is 0. The van der Waals surface area contributed by atoms with Gasteiger partial charge in [-0.25, -0.2) is 0 Å². The molecular formula is C24H32N2O3. The van der Waals surface area contributed by atoms with E-state index in [1.807, 2.05) is 24.3 Å². The maximum absolute atomic E-state index is 13.7. The van der Waals surface area contributed by atoms with Crippen LogP contribution in [0.3, 0.4) is 0 Å². The minimum Gasteiger partial charge on any atom is -0.496 e. The Kier molecular flexibility index (Phi) is 5.66. The second kappa shape index (κ2) is 8.21. The number of carbonyl (C=O) groups is 2. The number of amides is 2. The van der Waals surface area contributed by atoms with E-state index >= 15 is 0 Å². The van der Waals surface area contributed by atoms with E-state index in [-0.39, 0.29) is 17.9 Å². The largest absolute Gasteiger partial charge is 0.496 e. The molecular weight excluding hydrogens is 364 g/mol. The lowest BCUT2D eigenvalue weighted by atomic mass is 9.90. The molecule has 2 heterocycles. The van der Waals surface area contributed by atoms with E-state index < -0.39 is 0 Å². The molecule has 1 aliphatic carbocycles. The third-order valence-corrected chi connectivity index (χ3v) is 6.59. The Morgan fingerprint density at radius 3 is 2.24 bits per heavy atom. The monoisotopic (exact) mass is 396 g/mol. The highest BCUT2D eigenvalue weighted by Crippen LogP contribution is 2.40. The van der Waals surface area contributed by atoms with Crippen LogP contribution in [0.4, 0.5) is 0 Å².